The van der Waals surface area contributed by atoms with Gasteiger partial charge in [0.15, 0.2) is 0 Å². The lowest BCUT2D eigenvalue weighted by molar-refractivity contribution is -0.137. The lowest BCUT2D eigenvalue weighted by Gasteiger charge is -2.23. The van der Waals surface area contributed by atoms with Gasteiger partial charge in [0.05, 0.1) is 22.1 Å². The van der Waals surface area contributed by atoms with Crippen molar-refractivity contribution >= 4 is 10.0 Å². The third kappa shape index (κ3) is 4.06. The van der Waals surface area contributed by atoms with Crippen molar-refractivity contribution in [1.29, 1.82) is 5.26 Å². The van der Waals surface area contributed by atoms with E-state index in [0.29, 0.717) is 6.07 Å². The number of sulfonamides is 1. The van der Waals surface area contributed by atoms with Gasteiger partial charge in [-0.2, -0.15) is 18.4 Å². The highest BCUT2D eigenvalue weighted by atomic mass is 32.2. The van der Waals surface area contributed by atoms with Crippen LogP contribution < -0.4 is 10.5 Å². The SMILES string of the molecule is N#Cc1cc(S(=O)(=O)NC(CN)C2CCCC2)ccc1C(F)(F)F. The van der Waals surface area contributed by atoms with E-state index in [2.05, 4.69) is 4.72 Å². The molecule has 0 radical (unpaired) electrons. The number of halogens is 3. The minimum atomic E-state index is -4.72. The number of nitrogens with two attached hydrogens (primary N) is 1. The Morgan fingerprint density at radius 1 is 1.33 bits per heavy atom. The van der Waals surface area contributed by atoms with Crippen molar-refractivity contribution in [3.05, 3.63) is 29.3 Å². The molecule has 132 valence electrons. The number of nitrogens with one attached hydrogen (secondary N) is 1. The second-order valence-corrected chi connectivity index (χ2v) is 7.54. The Hall–Kier alpha value is -1.63. The van der Waals surface area contributed by atoms with Crippen LogP contribution >= 0.6 is 0 Å². The molecule has 3 N–H and O–H groups in total. The largest absolute Gasteiger partial charge is 0.417 e. The maximum Gasteiger partial charge on any atom is 0.417 e. The zero-order valence-corrected chi connectivity index (χ0v) is 13.6. The van der Waals surface area contributed by atoms with Crippen molar-refractivity contribution in [2.75, 3.05) is 6.54 Å². The van der Waals surface area contributed by atoms with Gasteiger partial charge >= 0.3 is 6.18 Å². The van der Waals surface area contributed by atoms with Gasteiger partial charge in [-0.3, -0.25) is 0 Å². The van der Waals surface area contributed by atoms with E-state index in [0.717, 1.165) is 37.8 Å². The van der Waals surface area contributed by atoms with Gasteiger partial charge in [-0.05, 0) is 37.0 Å². The summed E-state index contributed by atoms with van der Waals surface area (Å²) >= 11 is 0. The van der Waals surface area contributed by atoms with Gasteiger partial charge in [0.1, 0.15) is 0 Å². The van der Waals surface area contributed by atoms with Crippen LogP contribution in [0.1, 0.15) is 36.8 Å². The first-order valence-electron chi connectivity index (χ1n) is 7.53. The van der Waals surface area contributed by atoms with Gasteiger partial charge in [0.25, 0.3) is 0 Å². The molecule has 9 heteroatoms. The summed E-state index contributed by atoms with van der Waals surface area (Å²) in [6, 6.07) is 3.14. The summed E-state index contributed by atoms with van der Waals surface area (Å²) in [4.78, 5) is -0.372. The van der Waals surface area contributed by atoms with Crippen LogP contribution in [0.3, 0.4) is 0 Å². The first kappa shape index (κ1) is 18.7. The molecule has 1 atom stereocenters. The molecule has 0 aromatic heterocycles. The molecule has 24 heavy (non-hydrogen) atoms. The molecule has 0 bridgehead atoms. The van der Waals surface area contributed by atoms with Crippen molar-refractivity contribution in [2.24, 2.45) is 11.7 Å². The fraction of sp³-hybridized carbons (Fsp3) is 0.533. The Morgan fingerprint density at radius 2 is 1.96 bits per heavy atom. The average Bonchev–Trinajstić information content (AvgIpc) is 3.05. The summed E-state index contributed by atoms with van der Waals surface area (Å²) in [5, 5.41) is 8.89. The molecule has 5 nitrogen and oxygen atoms in total. The molecular weight excluding hydrogens is 343 g/mol. The van der Waals surface area contributed by atoms with E-state index in [1.807, 2.05) is 0 Å². The topological polar surface area (TPSA) is 96.0 Å². The third-order valence-corrected chi connectivity index (χ3v) is 5.74. The summed E-state index contributed by atoms with van der Waals surface area (Å²) in [5.74, 6) is 0.120. The summed E-state index contributed by atoms with van der Waals surface area (Å²) in [7, 11) is -4.05. The normalized spacial score (nSPS) is 17.6. The number of benzene rings is 1. The fourth-order valence-electron chi connectivity index (χ4n) is 2.99. The van der Waals surface area contributed by atoms with Gasteiger partial charge in [-0.1, -0.05) is 12.8 Å². The second-order valence-electron chi connectivity index (χ2n) is 5.82. The molecular formula is C15H18F3N3O2S. The molecule has 0 aliphatic heterocycles. The highest BCUT2D eigenvalue weighted by Crippen LogP contribution is 2.33. The van der Waals surface area contributed by atoms with Crippen LogP contribution in [0.15, 0.2) is 23.1 Å². The summed E-state index contributed by atoms with van der Waals surface area (Å²) in [6.07, 6.45) is -0.990. The van der Waals surface area contributed by atoms with Gasteiger partial charge in [0.2, 0.25) is 10.0 Å². The van der Waals surface area contributed by atoms with Gasteiger partial charge in [-0.15, -0.1) is 0 Å². The Kier molecular flexibility index (Phi) is 5.52. The minimum absolute atomic E-state index is 0.107. The Balaban J connectivity index is 2.30. The number of rotatable bonds is 5. The number of nitrogens with zero attached hydrogens (tertiary/aromatic N) is 1. The number of hydrogen-bond acceptors (Lipinski definition) is 4. The average molecular weight is 361 g/mol. The molecule has 1 aromatic rings. The van der Waals surface area contributed by atoms with Crippen LogP contribution in [-0.4, -0.2) is 21.0 Å². The smallest absolute Gasteiger partial charge is 0.329 e. The number of hydrogen-bond donors (Lipinski definition) is 2. The zero-order valence-electron chi connectivity index (χ0n) is 12.8. The van der Waals surface area contributed by atoms with E-state index in [1.54, 1.807) is 0 Å². The maximum absolute atomic E-state index is 12.8. The lowest BCUT2D eigenvalue weighted by atomic mass is 9.99. The molecule has 1 aliphatic rings. The van der Waals surface area contributed by atoms with Gasteiger partial charge in [0, 0.05) is 12.6 Å². The van der Waals surface area contributed by atoms with E-state index < -0.39 is 33.4 Å². The molecule has 0 saturated heterocycles. The van der Waals surface area contributed by atoms with Crippen molar-refractivity contribution in [3.63, 3.8) is 0 Å². The molecule has 1 aromatic carbocycles. The summed E-state index contributed by atoms with van der Waals surface area (Å²) in [6.45, 7) is 0.107. The molecule has 2 rings (SSSR count). The van der Waals surface area contributed by atoms with Gasteiger partial charge < -0.3 is 5.73 Å². The van der Waals surface area contributed by atoms with Gasteiger partial charge in [-0.25, -0.2) is 13.1 Å². The van der Waals surface area contributed by atoms with Crippen molar-refractivity contribution in [2.45, 2.75) is 42.8 Å². The van der Waals surface area contributed by atoms with E-state index >= 15 is 0 Å². The Morgan fingerprint density at radius 3 is 2.46 bits per heavy atom. The minimum Gasteiger partial charge on any atom is -0.329 e. The quantitative estimate of drug-likeness (QED) is 0.841. The first-order chi connectivity index (χ1) is 11.2. The highest BCUT2D eigenvalue weighted by Gasteiger charge is 2.35. The first-order valence-corrected chi connectivity index (χ1v) is 9.01. The van der Waals surface area contributed by atoms with E-state index in [-0.39, 0.29) is 17.4 Å². The second kappa shape index (κ2) is 7.09. The molecule has 1 fully saturated rings. The zero-order chi connectivity index (χ0) is 18.0. The predicted molar refractivity (Wildman–Crippen MR) is 81.3 cm³/mol. The number of alkyl halides is 3. The van der Waals surface area contributed by atoms with Crippen molar-refractivity contribution in [3.8, 4) is 6.07 Å². The van der Waals surface area contributed by atoms with Crippen molar-refractivity contribution < 1.29 is 21.6 Å². The molecule has 0 spiro atoms. The van der Waals surface area contributed by atoms with Crippen molar-refractivity contribution in [1.82, 2.24) is 4.72 Å². The molecule has 1 aliphatic carbocycles. The predicted octanol–water partition coefficient (Wildman–Crippen LogP) is 2.37. The van der Waals surface area contributed by atoms with Crippen LogP contribution in [0.4, 0.5) is 13.2 Å². The Bertz CT molecular complexity index is 735. The Labute approximate surface area is 138 Å². The van der Waals surface area contributed by atoms with Crippen LogP contribution in [-0.2, 0) is 16.2 Å². The summed E-state index contributed by atoms with van der Waals surface area (Å²) in [5.41, 5.74) is 3.76. The van der Waals surface area contributed by atoms with E-state index in [9.17, 15) is 21.6 Å². The molecule has 0 amide bonds. The van der Waals surface area contributed by atoms with Crippen LogP contribution in [0.25, 0.3) is 0 Å². The highest BCUT2D eigenvalue weighted by molar-refractivity contribution is 7.89. The van der Waals surface area contributed by atoms with Crippen LogP contribution in [0.2, 0.25) is 0 Å². The lowest BCUT2D eigenvalue weighted by Crippen LogP contribution is -2.44. The van der Waals surface area contributed by atoms with E-state index in [4.69, 9.17) is 11.0 Å². The summed E-state index contributed by atoms with van der Waals surface area (Å²) < 4.78 is 65.7. The molecule has 1 unspecified atom stereocenters. The third-order valence-electron chi connectivity index (χ3n) is 4.26. The van der Waals surface area contributed by atoms with Crippen LogP contribution in [0, 0.1) is 17.2 Å². The van der Waals surface area contributed by atoms with Crippen LogP contribution in [0.5, 0.6) is 0 Å². The maximum atomic E-state index is 12.8. The monoisotopic (exact) mass is 361 g/mol. The molecule has 0 heterocycles. The number of nitriles is 1. The van der Waals surface area contributed by atoms with E-state index in [1.165, 1.54) is 6.07 Å². The fourth-order valence-corrected chi connectivity index (χ4v) is 4.34. The standard InChI is InChI=1S/C15H18F3N3O2S/c16-15(17,18)13-6-5-12(7-11(13)8-19)24(22,23)21-14(9-20)10-3-1-2-4-10/h5-7,10,14,21H,1-4,9,20H2. The molecule has 1 saturated carbocycles.